The van der Waals surface area contributed by atoms with Crippen LogP contribution in [-0.4, -0.2) is 18.6 Å². The quantitative estimate of drug-likeness (QED) is 0.768. The second-order valence-corrected chi connectivity index (χ2v) is 4.86. The number of hydrogen-bond acceptors (Lipinski definition) is 3. The SMILES string of the molecule is COc1ccccc1CCNc1ccnc2ccccc12. The van der Waals surface area contributed by atoms with Crippen LogP contribution in [0.5, 0.6) is 5.75 Å². The molecule has 1 N–H and O–H groups in total. The summed E-state index contributed by atoms with van der Waals surface area (Å²) < 4.78 is 5.38. The minimum absolute atomic E-state index is 0.856. The Hall–Kier alpha value is -2.55. The van der Waals surface area contributed by atoms with Crippen molar-refractivity contribution in [3.63, 3.8) is 0 Å². The molecule has 0 radical (unpaired) electrons. The van der Waals surface area contributed by atoms with Crippen LogP contribution in [0.25, 0.3) is 10.9 Å². The van der Waals surface area contributed by atoms with Gasteiger partial charge in [0.2, 0.25) is 0 Å². The fourth-order valence-corrected chi connectivity index (χ4v) is 2.49. The Morgan fingerprint density at radius 3 is 2.71 bits per heavy atom. The molecule has 2 aromatic carbocycles. The van der Waals surface area contributed by atoms with Crippen LogP contribution in [0.4, 0.5) is 5.69 Å². The van der Waals surface area contributed by atoms with Gasteiger partial charge in [-0.1, -0.05) is 36.4 Å². The third-order valence-electron chi connectivity index (χ3n) is 3.55. The molecular formula is C18H18N2O. The predicted molar refractivity (Wildman–Crippen MR) is 86.9 cm³/mol. The monoisotopic (exact) mass is 278 g/mol. The van der Waals surface area contributed by atoms with E-state index in [1.807, 2.05) is 48.7 Å². The predicted octanol–water partition coefficient (Wildman–Crippen LogP) is 3.90. The van der Waals surface area contributed by atoms with E-state index in [4.69, 9.17) is 4.74 Å². The number of nitrogens with one attached hydrogen (secondary N) is 1. The number of anilines is 1. The van der Waals surface area contributed by atoms with Crippen molar-refractivity contribution in [1.29, 1.82) is 0 Å². The second-order valence-electron chi connectivity index (χ2n) is 4.86. The van der Waals surface area contributed by atoms with Gasteiger partial charge in [0.15, 0.2) is 0 Å². The number of rotatable bonds is 5. The standard InChI is InChI=1S/C18H18N2O/c1-21-18-9-5-2-6-14(18)10-12-19-17-11-13-20-16-8-4-3-7-15(16)17/h2-9,11,13H,10,12H2,1H3,(H,19,20). The number of ether oxygens (including phenoxy) is 1. The summed E-state index contributed by atoms with van der Waals surface area (Å²) in [6.07, 6.45) is 2.76. The van der Waals surface area contributed by atoms with E-state index in [0.29, 0.717) is 0 Å². The maximum absolute atomic E-state index is 5.38. The number of fused-ring (bicyclic) bond motifs is 1. The smallest absolute Gasteiger partial charge is 0.122 e. The molecule has 0 aliphatic heterocycles. The van der Waals surface area contributed by atoms with Gasteiger partial charge in [-0.3, -0.25) is 4.98 Å². The van der Waals surface area contributed by atoms with Crippen LogP contribution >= 0.6 is 0 Å². The molecule has 0 saturated carbocycles. The van der Waals surface area contributed by atoms with E-state index in [1.54, 1.807) is 7.11 Å². The molecule has 3 nitrogen and oxygen atoms in total. The molecule has 0 unspecified atom stereocenters. The first-order chi connectivity index (χ1) is 10.4. The Balaban J connectivity index is 1.72. The lowest BCUT2D eigenvalue weighted by Crippen LogP contribution is -2.06. The van der Waals surface area contributed by atoms with Gasteiger partial charge in [0, 0.05) is 23.8 Å². The summed E-state index contributed by atoms with van der Waals surface area (Å²) in [5.74, 6) is 0.943. The highest BCUT2D eigenvalue weighted by atomic mass is 16.5. The Morgan fingerprint density at radius 2 is 1.81 bits per heavy atom. The van der Waals surface area contributed by atoms with Crippen LogP contribution in [0.1, 0.15) is 5.56 Å². The average Bonchev–Trinajstić information content (AvgIpc) is 2.55. The number of aromatic nitrogens is 1. The van der Waals surface area contributed by atoms with Crippen molar-refractivity contribution < 1.29 is 4.74 Å². The first-order valence-corrected chi connectivity index (χ1v) is 7.08. The maximum Gasteiger partial charge on any atom is 0.122 e. The largest absolute Gasteiger partial charge is 0.496 e. The van der Waals surface area contributed by atoms with Gasteiger partial charge >= 0.3 is 0 Å². The van der Waals surface area contributed by atoms with E-state index >= 15 is 0 Å². The first kappa shape index (κ1) is 13.4. The van der Waals surface area contributed by atoms with E-state index < -0.39 is 0 Å². The number of nitrogens with zero attached hydrogens (tertiary/aromatic N) is 1. The highest BCUT2D eigenvalue weighted by Gasteiger charge is 2.03. The van der Waals surface area contributed by atoms with Gasteiger partial charge < -0.3 is 10.1 Å². The number of benzene rings is 2. The molecule has 0 aliphatic rings. The number of hydrogen-bond donors (Lipinski definition) is 1. The van der Waals surface area contributed by atoms with Gasteiger partial charge in [0.25, 0.3) is 0 Å². The van der Waals surface area contributed by atoms with Gasteiger partial charge in [0.05, 0.1) is 12.6 Å². The highest BCUT2D eigenvalue weighted by Crippen LogP contribution is 2.22. The van der Waals surface area contributed by atoms with Crippen LogP contribution < -0.4 is 10.1 Å². The highest BCUT2D eigenvalue weighted by molar-refractivity contribution is 5.90. The number of pyridine rings is 1. The van der Waals surface area contributed by atoms with Crippen LogP contribution in [0, 0.1) is 0 Å². The molecule has 1 aromatic heterocycles. The molecule has 0 spiro atoms. The molecule has 0 saturated heterocycles. The van der Waals surface area contributed by atoms with Crippen molar-refractivity contribution in [2.75, 3.05) is 19.0 Å². The van der Waals surface area contributed by atoms with Crippen molar-refractivity contribution >= 4 is 16.6 Å². The third kappa shape index (κ3) is 2.97. The van der Waals surface area contributed by atoms with Crippen molar-refractivity contribution in [3.8, 4) is 5.75 Å². The minimum Gasteiger partial charge on any atom is -0.496 e. The summed E-state index contributed by atoms with van der Waals surface area (Å²) in [6.45, 7) is 0.856. The number of para-hydroxylation sites is 2. The summed E-state index contributed by atoms with van der Waals surface area (Å²) in [6, 6.07) is 18.3. The normalized spacial score (nSPS) is 10.5. The first-order valence-electron chi connectivity index (χ1n) is 7.08. The molecule has 0 amide bonds. The molecule has 1 heterocycles. The summed E-state index contributed by atoms with van der Waals surface area (Å²) in [5, 5.41) is 4.64. The molecule has 0 fully saturated rings. The van der Waals surface area contributed by atoms with Crippen LogP contribution in [0.3, 0.4) is 0 Å². The Morgan fingerprint density at radius 1 is 1.00 bits per heavy atom. The van der Waals surface area contributed by atoms with E-state index in [2.05, 4.69) is 22.4 Å². The van der Waals surface area contributed by atoms with Crippen molar-refractivity contribution in [1.82, 2.24) is 4.98 Å². The molecule has 3 rings (SSSR count). The lowest BCUT2D eigenvalue weighted by atomic mass is 10.1. The maximum atomic E-state index is 5.38. The van der Waals surface area contributed by atoms with E-state index in [9.17, 15) is 0 Å². The Bertz CT molecular complexity index is 735. The fourth-order valence-electron chi connectivity index (χ4n) is 2.49. The van der Waals surface area contributed by atoms with E-state index in [-0.39, 0.29) is 0 Å². The zero-order valence-corrected chi connectivity index (χ0v) is 12.0. The zero-order chi connectivity index (χ0) is 14.5. The van der Waals surface area contributed by atoms with Crippen molar-refractivity contribution in [2.24, 2.45) is 0 Å². The molecule has 0 aliphatic carbocycles. The van der Waals surface area contributed by atoms with E-state index in [1.165, 1.54) is 5.56 Å². The lowest BCUT2D eigenvalue weighted by Gasteiger charge is -2.11. The topological polar surface area (TPSA) is 34.1 Å². The average molecular weight is 278 g/mol. The van der Waals surface area contributed by atoms with E-state index in [0.717, 1.165) is 35.3 Å². The van der Waals surface area contributed by atoms with Gasteiger partial charge in [0.1, 0.15) is 5.75 Å². The van der Waals surface area contributed by atoms with Gasteiger partial charge in [-0.05, 0) is 30.2 Å². The van der Waals surface area contributed by atoms with Gasteiger partial charge in [-0.15, -0.1) is 0 Å². The number of methoxy groups -OCH3 is 1. The fraction of sp³-hybridized carbons (Fsp3) is 0.167. The summed E-state index contributed by atoms with van der Waals surface area (Å²) in [4.78, 5) is 4.38. The molecule has 3 aromatic rings. The molecule has 106 valence electrons. The van der Waals surface area contributed by atoms with Crippen LogP contribution in [0.15, 0.2) is 60.8 Å². The Kier molecular flexibility index (Phi) is 4.01. The van der Waals surface area contributed by atoms with Crippen molar-refractivity contribution in [2.45, 2.75) is 6.42 Å². The summed E-state index contributed by atoms with van der Waals surface area (Å²) in [7, 11) is 1.71. The molecule has 3 heteroatoms. The Labute approximate surface area is 124 Å². The second kappa shape index (κ2) is 6.27. The molecule has 21 heavy (non-hydrogen) atoms. The van der Waals surface area contributed by atoms with Crippen molar-refractivity contribution in [3.05, 3.63) is 66.4 Å². The van der Waals surface area contributed by atoms with Gasteiger partial charge in [-0.25, -0.2) is 0 Å². The minimum atomic E-state index is 0.856. The lowest BCUT2D eigenvalue weighted by molar-refractivity contribution is 0.410. The summed E-state index contributed by atoms with van der Waals surface area (Å²) in [5.41, 5.74) is 3.35. The van der Waals surface area contributed by atoms with Gasteiger partial charge in [-0.2, -0.15) is 0 Å². The zero-order valence-electron chi connectivity index (χ0n) is 12.0. The molecule has 0 bridgehead atoms. The summed E-state index contributed by atoms with van der Waals surface area (Å²) >= 11 is 0. The molecular weight excluding hydrogens is 260 g/mol. The van der Waals surface area contributed by atoms with Crippen LogP contribution in [0.2, 0.25) is 0 Å². The van der Waals surface area contributed by atoms with Crippen LogP contribution in [-0.2, 0) is 6.42 Å². The molecule has 0 atom stereocenters. The third-order valence-corrected chi connectivity index (χ3v) is 3.55.